The molecule has 0 aliphatic carbocycles. The van der Waals surface area contributed by atoms with E-state index in [9.17, 15) is 35.9 Å². The third-order valence-electron chi connectivity index (χ3n) is 4.71. The number of primary amides is 1. The lowest BCUT2D eigenvalue weighted by Gasteiger charge is -2.19. The largest absolute Gasteiger partial charge is 0.573 e. The molecule has 3 aromatic rings. The van der Waals surface area contributed by atoms with Gasteiger partial charge in [0.1, 0.15) is 17.2 Å². The number of benzene rings is 2. The van der Waals surface area contributed by atoms with Gasteiger partial charge < -0.3 is 25.3 Å². The molecule has 0 radical (unpaired) electrons. The maximum absolute atomic E-state index is 13.6. The average Bonchev–Trinajstić information content (AvgIpc) is 2.78. The van der Waals surface area contributed by atoms with Crippen molar-refractivity contribution in [2.75, 3.05) is 12.4 Å². The first-order valence-electron chi connectivity index (χ1n) is 11.4. The summed E-state index contributed by atoms with van der Waals surface area (Å²) in [7, 11) is -3.19. The summed E-state index contributed by atoms with van der Waals surface area (Å²) in [6, 6.07) is 5.79. The Morgan fingerprint density at radius 1 is 1.00 bits per heavy atom. The fraction of sp³-hybridized carbons (Fsp3) is 0.174. The van der Waals surface area contributed by atoms with Gasteiger partial charge in [-0.15, -0.1) is 13.2 Å². The Bertz CT molecular complexity index is 1430. The third kappa shape index (κ3) is 6.59. The molecule has 37 heavy (non-hydrogen) atoms. The number of anilines is 1. The number of hydrogen-bond donors (Lipinski definition) is 2. The molecule has 3 rings (SSSR count). The van der Waals surface area contributed by atoms with Gasteiger partial charge in [0.25, 0.3) is 11.8 Å². The number of hydrogen-bond acceptors (Lipinski definition) is 6. The number of alkyl halides is 6. The molecule has 2 aromatic carbocycles. The van der Waals surface area contributed by atoms with Crippen molar-refractivity contribution in [2.45, 2.75) is 19.5 Å². The van der Waals surface area contributed by atoms with E-state index >= 15 is 0 Å². The van der Waals surface area contributed by atoms with Gasteiger partial charge in [-0.25, -0.2) is 4.98 Å². The molecule has 0 saturated heterocycles. The summed E-state index contributed by atoms with van der Waals surface area (Å²) in [5.74, 6) is -4.79. The zero-order valence-electron chi connectivity index (χ0n) is 21.5. The molecule has 0 fully saturated rings. The number of amides is 2. The molecule has 0 aliphatic rings. The molecule has 196 valence electrons. The van der Waals surface area contributed by atoms with Crippen molar-refractivity contribution in [3.8, 4) is 23.0 Å². The zero-order valence-corrected chi connectivity index (χ0v) is 18.5. The summed E-state index contributed by atoms with van der Waals surface area (Å²) in [5.41, 5.74) is 2.43. The van der Waals surface area contributed by atoms with Crippen LogP contribution < -0.4 is 25.3 Å². The molecular weight excluding hydrogens is 512 g/mol. The van der Waals surface area contributed by atoms with E-state index in [4.69, 9.17) is 19.3 Å². The molecular formula is C23H17F6N3O5. The van der Waals surface area contributed by atoms with Crippen molar-refractivity contribution in [1.82, 2.24) is 4.98 Å². The number of nitrogens with one attached hydrogen (secondary N) is 1. The number of pyridine rings is 1. The van der Waals surface area contributed by atoms with Crippen LogP contribution in [0.25, 0.3) is 0 Å². The molecule has 0 bridgehead atoms. The fourth-order valence-electron chi connectivity index (χ4n) is 3.14. The zero-order chi connectivity index (χ0) is 30.0. The fourth-order valence-corrected chi connectivity index (χ4v) is 3.14. The van der Waals surface area contributed by atoms with E-state index in [1.54, 1.807) is 0 Å². The van der Waals surface area contributed by atoms with Crippen molar-refractivity contribution in [2.24, 2.45) is 5.73 Å². The van der Waals surface area contributed by atoms with Gasteiger partial charge in [0.05, 0.1) is 34.2 Å². The summed E-state index contributed by atoms with van der Waals surface area (Å²) in [4.78, 5) is 28.0. The number of carbonyl (C=O) groups excluding carboxylic acids is 2. The first kappa shape index (κ1) is 22.9. The van der Waals surface area contributed by atoms with E-state index in [1.165, 1.54) is 6.07 Å². The minimum Gasteiger partial charge on any atom is -0.493 e. The highest BCUT2D eigenvalue weighted by Gasteiger charge is 2.35. The number of ether oxygens (including phenoxy) is 3. The number of nitrogens with zero attached hydrogens (tertiary/aromatic N) is 1. The predicted molar refractivity (Wildman–Crippen MR) is 117 cm³/mol. The van der Waals surface area contributed by atoms with E-state index in [0.717, 1.165) is 37.4 Å². The molecule has 0 atom stereocenters. The van der Waals surface area contributed by atoms with Crippen LogP contribution in [-0.4, -0.2) is 30.2 Å². The number of methoxy groups -OCH3 is 1. The summed E-state index contributed by atoms with van der Waals surface area (Å²) in [6.45, 7) is 0.971. The standard InChI is InChI=1S/C23H17F6N3O5/c1-11-14(22(24,25)26)5-8-17(19(11)21(34)32-12-3-6-15(20(30)33)31-10-12)36-16-7-4-13(9-18(16)35-2)37-23(27,28)29/h3-10H,1-2H3,(H2,30,33)(H,32,34)/i2D3. The normalized spacial score (nSPS) is 13.1. The number of rotatable bonds is 7. The quantitative estimate of drug-likeness (QED) is 0.391. The minimum atomic E-state index is -5.14. The Balaban J connectivity index is 2.08. The van der Waals surface area contributed by atoms with E-state index in [1.807, 2.05) is 0 Å². The smallest absolute Gasteiger partial charge is 0.493 e. The van der Waals surface area contributed by atoms with Crippen LogP contribution in [0.5, 0.6) is 23.0 Å². The van der Waals surface area contributed by atoms with Crippen LogP contribution >= 0.6 is 0 Å². The van der Waals surface area contributed by atoms with Crippen LogP contribution in [0.2, 0.25) is 0 Å². The number of halogens is 6. The molecule has 3 N–H and O–H groups in total. The number of aromatic nitrogens is 1. The summed E-state index contributed by atoms with van der Waals surface area (Å²) < 4.78 is 115. The average molecular weight is 532 g/mol. The molecule has 14 heteroatoms. The highest BCUT2D eigenvalue weighted by atomic mass is 19.4. The van der Waals surface area contributed by atoms with E-state index in [-0.39, 0.29) is 11.4 Å². The van der Waals surface area contributed by atoms with Crippen LogP contribution in [0.15, 0.2) is 48.7 Å². The van der Waals surface area contributed by atoms with Crippen LogP contribution in [0.4, 0.5) is 32.0 Å². The summed E-state index contributed by atoms with van der Waals surface area (Å²) in [6.07, 6.45) is -9.02. The predicted octanol–water partition coefficient (Wildman–Crippen LogP) is 5.46. The molecule has 0 saturated carbocycles. The number of carbonyl (C=O) groups is 2. The molecule has 0 spiro atoms. The van der Waals surface area contributed by atoms with Crippen molar-refractivity contribution in [1.29, 1.82) is 0 Å². The molecule has 1 heterocycles. The lowest BCUT2D eigenvalue weighted by atomic mass is 10.00. The van der Waals surface area contributed by atoms with E-state index < -0.39 is 71.1 Å². The van der Waals surface area contributed by atoms with Crippen LogP contribution in [-0.2, 0) is 6.18 Å². The molecule has 2 amide bonds. The molecule has 8 nitrogen and oxygen atoms in total. The Morgan fingerprint density at radius 2 is 1.70 bits per heavy atom. The maximum atomic E-state index is 13.6. The van der Waals surface area contributed by atoms with Crippen LogP contribution in [0.1, 0.15) is 36.1 Å². The van der Waals surface area contributed by atoms with Crippen molar-refractivity contribution >= 4 is 17.5 Å². The Kier molecular flexibility index (Phi) is 6.35. The van der Waals surface area contributed by atoms with Gasteiger partial charge in [-0.2, -0.15) is 13.2 Å². The van der Waals surface area contributed by atoms with Gasteiger partial charge in [-0.05, 0) is 48.9 Å². The molecule has 0 aliphatic heterocycles. The SMILES string of the molecule is [2H]C([2H])([2H])Oc1cc(OC(F)(F)F)ccc1Oc1ccc(C(F)(F)F)c(C)c1C(=O)Nc1ccc(C(N)=O)nc1. The second-order valence-electron chi connectivity index (χ2n) is 7.22. The Hall–Kier alpha value is -4.49. The van der Waals surface area contributed by atoms with Crippen molar-refractivity contribution in [3.05, 3.63) is 71.0 Å². The van der Waals surface area contributed by atoms with Gasteiger partial charge in [0, 0.05) is 6.07 Å². The van der Waals surface area contributed by atoms with Crippen LogP contribution in [0, 0.1) is 6.92 Å². The van der Waals surface area contributed by atoms with Crippen LogP contribution in [0.3, 0.4) is 0 Å². The van der Waals surface area contributed by atoms with Crippen molar-refractivity contribution < 1.29 is 54.3 Å². The van der Waals surface area contributed by atoms with Gasteiger partial charge in [-0.1, -0.05) is 0 Å². The highest BCUT2D eigenvalue weighted by Crippen LogP contribution is 2.41. The lowest BCUT2D eigenvalue weighted by Crippen LogP contribution is -2.19. The van der Waals surface area contributed by atoms with E-state index in [2.05, 4.69) is 15.0 Å². The van der Waals surface area contributed by atoms with Gasteiger partial charge >= 0.3 is 12.5 Å². The summed E-state index contributed by atoms with van der Waals surface area (Å²) >= 11 is 0. The maximum Gasteiger partial charge on any atom is 0.573 e. The second-order valence-corrected chi connectivity index (χ2v) is 7.22. The Morgan fingerprint density at radius 3 is 2.27 bits per heavy atom. The second kappa shape index (κ2) is 10.2. The minimum absolute atomic E-state index is 0.0437. The lowest BCUT2D eigenvalue weighted by molar-refractivity contribution is -0.274. The van der Waals surface area contributed by atoms with Crippen molar-refractivity contribution in [3.63, 3.8) is 0 Å². The molecule has 1 aromatic heterocycles. The van der Waals surface area contributed by atoms with Gasteiger partial charge in [0.2, 0.25) is 0 Å². The van der Waals surface area contributed by atoms with Gasteiger partial charge in [0.15, 0.2) is 11.5 Å². The third-order valence-corrected chi connectivity index (χ3v) is 4.71. The molecule has 0 unspecified atom stereocenters. The first-order chi connectivity index (χ1) is 18.3. The first-order valence-corrected chi connectivity index (χ1v) is 9.89. The summed E-state index contributed by atoms with van der Waals surface area (Å²) in [5, 5.41) is 2.29. The number of nitrogens with two attached hydrogens (primary N) is 1. The monoisotopic (exact) mass is 532 g/mol. The topological polar surface area (TPSA) is 113 Å². The van der Waals surface area contributed by atoms with Gasteiger partial charge in [-0.3, -0.25) is 9.59 Å². The van der Waals surface area contributed by atoms with E-state index in [0.29, 0.717) is 12.1 Å². The highest BCUT2D eigenvalue weighted by molar-refractivity contribution is 6.07. The Labute approximate surface area is 209 Å².